The van der Waals surface area contributed by atoms with Crippen LogP contribution in [0.15, 0.2) is 53.4 Å². The number of hydrogen-bond acceptors (Lipinski definition) is 3. The van der Waals surface area contributed by atoms with Gasteiger partial charge >= 0.3 is 0 Å². The quantitative estimate of drug-likeness (QED) is 0.813. The van der Waals surface area contributed by atoms with E-state index in [1.54, 1.807) is 0 Å². The number of rotatable bonds is 5. The van der Waals surface area contributed by atoms with Crippen molar-refractivity contribution in [2.75, 3.05) is 10.6 Å². The molecule has 120 valence electrons. The molecule has 1 unspecified atom stereocenters. The standard InChI is InChI=1S/C18H20N2O2S/c1-12-5-4-6-16(11-12)20-18(22)13(2)23-17-9-7-15(8-10-17)19-14(3)21/h4-11,13H,1-3H3,(H,19,21)(H,20,22). The summed E-state index contributed by atoms with van der Waals surface area (Å²) in [6.45, 7) is 5.34. The van der Waals surface area contributed by atoms with E-state index in [1.807, 2.05) is 62.4 Å². The first kappa shape index (κ1) is 17.1. The van der Waals surface area contributed by atoms with E-state index in [9.17, 15) is 9.59 Å². The van der Waals surface area contributed by atoms with Crippen LogP contribution in [-0.2, 0) is 9.59 Å². The van der Waals surface area contributed by atoms with Crippen LogP contribution in [0, 0.1) is 6.92 Å². The molecule has 0 saturated heterocycles. The first-order chi connectivity index (χ1) is 10.9. The molecule has 5 heteroatoms. The van der Waals surface area contributed by atoms with Crippen LogP contribution in [0.25, 0.3) is 0 Å². The predicted molar refractivity (Wildman–Crippen MR) is 95.9 cm³/mol. The van der Waals surface area contributed by atoms with Gasteiger partial charge in [-0.15, -0.1) is 11.8 Å². The van der Waals surface area contributed by atoms with E-state index in [-0.39, 0.29) is 17.1 Å². The summed E-state index contributed by atoms with van der Waals surface area (Å²) in [5.74, 6) is -0.136. The second kappa shape index (κ2) is 7.83. The number of benzene rings is 2. The van der Waals surface area contributed by atoms with Gasteiger partial charge in [-0.25, -0.2) is 0 Å². The van der Waals surface area contributed by atoms with Gasteiger partial charge in [0.1, 0.15) is 0 Å². The number of thioether (sulfide) groups is 1. The summed E-state index contributed by atoms with van der Waals surface area (Å²) in [7, 11) is 0. The molecule has 2 rings (SSSR count). The molecule has 1 atom stereocenters. The second-order valence-corrected chi connectivity index (χ2v) is 6.74. The van der Waals surface area contributed by atoms with Gasteiger partial charge in [0.25, 0.3) is 0 Å². The third-order valence-corrected chi connectivity index (χ3v) is 4.25. The third kappa shape index (κ3) is 5.45. The molecule has 0 aromatic heterocycles. The summed E-state index contributed by atoms with van der Waals surface area (Å²) < 4.78 is 0. The van der Waals surface area contributed by atoms with Gasteiger partial charge in [0.05, 0.1) is 5.25 Å². The number of aryl methyl sites for hydroxylation is 1. The minimum atomic E-state index is -0.220. The van der Waals surface area contributed by atoms with Crippen molar-refractivity contribution in [1.29, 1.82) is 0 Å². The van der Waals surface area contributed by atoms with Crippen LogP contribution in [0.2, 0.25) is 0 Å². The molecule has 0 spiro atoms. The average Bonchev–Trinajstić information content (AvgIpc) is 2.48. The lowest BCUT2D eigenvalue weighted by atomic mass is 10.2. The Bertz CT molecular complexity index is 698. The van der Waals surface area contributed by atoms with Crippen molar-refractivity contribution in [2.24, 2.45) is 0 Å². The van der Waals surface area contributed by atoms with Crippen LogP contribution in [0.5, 0.6) is 0 Å². The first-order valence-electron chi connectivity index (χ1n) is 7.36. The Labute approximate surface area is 140 Å². The lowest BCUT2D eigenvalue weighted by molar-refractivity contribution is -0.115. The van der Waals surface area contributed by atoms with Crippen LogP contribution in [-0.4, -0.2) is 17.1 Å². The Morgan fingerprint density at radius 2 is 1.70 bits per heavy atom. The van der Waals surface area contributed by atoms with Crippen molar-refractivity contribution >= 4 is 35.0 Å². The molecule has 2 aromatic rings. The van der Waals surface area contributed by atoms with Gasteiger partial charge < -0.3 is 10.6 Å². The molecule has 4 nitrogen and oxygen atoms in total. The van der Waals surface area contributed by atoms with Gasteiger partial charge in [0, 0.05) is 23.2 Å². The van der Waals surface area contributed by atoms with Crippen molar-refractivity contribution in [1.82, 2.24) is 0 Å². The van der Waals surface area contributed by atoms with Crippen LogP contribution < -0.4 is 10.6 Å². The van der Waals surface area contributed by atoms with Crippen molar-refractivity contribution in [3.05, 3.63) is 54.1 Å². The number of amides is 2. The van der Waals surface area contributed by atoms with E-state index >= 15 is 0 Å². The van der Waals surface area contributed by atoms with Crippen molar-refractivity contribution in [3.8, 4) is 0 Å². The van der Waals surface area contributed by atoms with E-state index in [0.717, 1.165) is 21.8 Å². The fraction of sp³-hybridized carbons (Fsp3) is 0.222. The third-order valence-electron chi connectivity index (χ3n) is 3.14. The Hall–Kier alpha value is -2.27. The SMILES string of the molecule is CC(=O)Nc1ccc(SC(C)C(=O)Nc2cccc(C)c2)cc1. The fourth-order valence-corrected chi connectivity index (χ4v) is 2.91. The number of carbonyl (C=O) groups excluding carboxylic acids is 2. The molecule has 0 bridgehead atoms. The molecule has 0 aliphatic rings. The second-order valence-electron chi connectivity index (χ2n) is 5.32. The summed E-state index contributed by atoms with van der Waals surface area (Å²) in [5.41, 5.74) is 2.67. The number of carbonyl (C=O) groups is 2. The molecule has 0 heterocycles. The Morgan fingerprint density at radius 3 is 2.30 bits per heavy atom. The highest BCUT2D eigenvalue weighted by Gasteiger charge is 2.14. The van der Waals surface area contributed by atoms with Gasteiger partial charge in [-0.3, -0.25) is 9.59 Å². The molecule has 0 fully saturated rings. The molecular formula is C18H20N2O2S. The maximum atomic E-state index is 12.3. The highest BCUT2D eigenvalue weighted by atomic mass is 32.2. The molecule has 0 aliphatic carbocycles. The molecule has 2 N–H and O–H groups in total. The molecule has 23 heavy (non-hydrogen) atoms. The Kier molecular flexibility index (Phi) is 5.82. The van der Waals surface area contributed by atoms with Crippen LogP contribution in [0.1, 0.15) is 19.4 Å². The lowest BCUT2D eigenvalue weighted by Crippen LogP contribution is -2.22. The summed E-state index contributed by atoms with van der Waals surface area (Å²) in [6, 6.07) is 15.2. The van der Waals surface area contributed by atoms with Crippen molar-refractivity contribution in [3.63, 3.8) is 0 Å². The van der Waals surface area contributed by atoms with Crippen LogP contribution in [0.4, 0.5) is 11.4 Å². The number of nitrogens with one attached hydrogen (secondary N) is 2. The van der Waals surface area contributed by atoms with E-state index in [0.29, 0.717) is 0 Å². The van der Waals surface area contributed by atoms with Gasteiger partial charge in [-0.2, -0.15) is 0 Å². The summed E-state index contributed by atoms with van der Waals surface area (Å²) in [5, 5.41) is 5.42. The Morgan fingerprint density at radius 1 is 1.00 bits per heavy atom. The van der Waals surface area contributed by atoms with Gasteiger partial charge in [0.2, 0.25) is 11.8 Å². The van der Waals surface area contributed by atoms with Gasteiger partial charge in [0.15, 0.2) is 0 Å². The summed E-state index contributed by atoms with van der Waals surface area (Å²) in [4.78, 5) is 24.2. The molecule has 0 radical (unpaired) electrons. The maximum Gasteiger partial charge on any atom is 0.237 e. The molecule has 2 aromatic carbocycles. The zero-order valence-electron chi connectivity index (χ0n) is 13.4. The van der Waals surface area contributed by atoms with Crippen LogP contribution in [0.3, 0.4) is 0 Å². The van der Waals surface area contributed by atoms with E-state index in [4.69, 9.17) is 0 Å². The van der Waals surface area contributed by atoms with E-state index < -0.39 is 0 Å². The largest absolute Gasteiger partial charge is 0.326 e. The highest BCUT2D eigenvalue weighted by Crippen LogP contribution is 2.25. The first-order valence-corrected chi connectivity index (χ1v) is 8.24. The van der Waals surface area contributed by atoms with Crippen molar-refractivity contribution in [2.45, 2.75) is 30.9 Å². The van der Waals surface area contributed by atoms with Gasteiger partial charge in [-0.05, 0) is 55.8 Å². The number of anilines is 2. The predicted octanol–water partition coefficient (Wildman–Crippen LogP) is 4.07. The Balaban J connectivity index is 1.94. The normalized spacial score (nSPS) is 11.6. The van der Waals surface area contributed by atoms with E-state index in [1.165, 1.54) is 18.7 Å². The van der Waals surface area contributed by atoms with E-state index in [2.05, 4.69) is 10.6 Å². The van der Waals surface area contributed by atoms with Crippen molar-refractivity contribution < 1.29 is 9.59 Å². The molecule has 0 aliphatic heterocycles. The average molecular weight is 328 g/mol. The highest BCUT2D eigenvalue weighted by molar-refractivity contribution is 8.00. The minimum absolute atomic E-state index is 0.0356. The molecule has 0 saturated carbocycles. The lowest BCUT2D eigenvalue weighted by Gasteiger charge is -2.13. The molecule has 2 amide bonds. The number of hydrogen-bond donors (Lipinski definition) is 2. The smallest absolute Gasteiger partial charge is 0.237 e. The summed E-state index contributed by atoms with van der Waals surface area (Å²) >= 11 is 1.48. The van der Waals surface area contributed by atoms with Crippen LogP contribution >= 0.6 is 11.8 Å². The zero-order chi connectivity index (χ0) is 16.8. The minimum Gasteiger partial charge on any atom is -0.326 e. The topological polar surface area (TPSA) is 58.2 Å². The zero-order valence-corrected chi connectivity index (χ0v) is 14.2. The summed E-state index contributed by atoms with van der Waals surface area (Å²) in [6.07, 6.45) is 0. The fourth-order valence-electron chi connectivity index (χ4n) is 2.04. The maximum absolute atomic E-state index is 12.3. The monoisotopic (exact) mass is 328 g/mol. The molecular weight excluding hydrogens is 308 g/mol. The van der Waals surface area contributed by atoms with Gasteiger partial charge in [-0.1, -0.05) is 12.1 Å².